The van der Waals surface area contributed by atoms with E-state index in [1.54, 1.807) is 36.4 Å². The first kappa shape index (κ1) is 20.9. The Bertz CT molecular complexity index is 1120. The van der Waals surface area contributed by atoms with Gasteiger partial charge in [0.1, 0.15) is 12.3 Å². The number of hydrogen-bond donors (Lipinski definition) is 1. The summed E-state index contributed by atoms with van der Waals surface area (Å²) in [6.45, 7) is -0.563. The fourth-order valence-electron chi connectivity index (χ4n) is 2.40. The van der Waals surface area contributed by atoms with Gasteiger partial charge < -0.3 is 4.42 Å². The van der Waals surface area contributed by atoms with Crippen LogP contribution in [0.3, 0.4) is 0 Å². The molecule has 7 nitrogen and oxygen atoms in total. The van der Waals surface area contributed by atoms with E-state index in [0.29, 0.717) is 5.76 Å². The molecule has 0 aliphatic rings. The lowest BCUT2D eigenvalue weighted by molar-refractivity contribution is -0.119. The lowest BCUT2D eigenvalue weighted by atomic mass is 10.3. The molecule has 3 rings (SSSR count). The molecule has 29 heavy (non-hydrogen) atoms. The number of sulfonamides is 1. The van der Waals surface area contributed by atoms with E-state index in [9.17, 15) is 13.2 Å². The Morgan fingerprint density at radius 3 is 2.52 bits per heavy atom. The summed E-state index contributed by atoms with van der Waals surface area (Å²) in [5, 5.41) is 3.93. The number of furan rings is 1. The predicted molar refractivity (Wildman–Crippen MR) is 112 cm³/mol. The van der Waals surface area contributed by atoms with Crippen molar-refractivity contribution in [3.63, 3.8) is 0 Å². The quantitative estimate of drug-likeness (QED) is 0.434. The van der Waals surface area contributed by atoms with Crippen LogP contribution in [-0.4, -0.2) is 27.1 Å². The van der Waals surface area contributed by atoms with Gasteiger partial charge in [-0.1, -0.05) is 47.5 Å². The van der Waals surface area contributed by atoms with Crippen LogP contribution in [0.4, 0.5) is 5.69 Å². The molecule has 1 aromatic heterocycles. The second kappa shape index (κ2) is 9.13. The topological polar surface area (TPSA) is 92.0 Å². The zero-order valence-electron chi connectivity index (χ0n) is 14.8. The highest BCUT2D eigenvalue weighted by Gasteiger charge is 2.29. The zero-order chi connectivity index (χ0) is 20.9. The molecule has 0 fully saturated rings. The van der Waals surface area contributed by atoms with Gasteiger partial charge in [-0.2, -0.15) is 5.10 Å². The summed E-state index contributed by atoms with van der Waals surface area (Å²) in [6.07, 6.45) is 2.75. The fraction of sp³-hybridized carbons (Fsp3) is 0.0526. The van der Waals surface area contributed by atoms with E-state index < -0.39 is 22.5 Å². The second-order valence-corrected chi connectivity index (χ2v) is 8.35. The summed E-state index contributed by atoms with van der Waals surface area (Å²) in [5.74, 6) is -0.250. The van der Waals surface area contributed by atoms with Crippen LogP contribution in [-0.2, 0) is 14.8 Å². The van der Waals surface area contributed by atoms with Crippen molar-refractivity contribution in [1.82, 2.24) is 5.43 Å². The fourth-order valence-corrected chi connectivity index (χ4v) is 4.30. The molecule has 0 aliphatic carbocycles. The highest BCUT2D eigenvalue weighted by molar-refractivity contribution is 7.92. The number of nitrogens with one attached hydrogen (secondary N) is 1. The first-order valence-corrected chi connectivity index (χ1v) is 10.5. The van der Waals surface area contributed by atoms with Gasteiger partial charge in [-0.3, -0.25) is 9.10 Å². The van der Waals surface area contributed by atoms with Gasteiger partial charge in [-0.05, 0) is 36.4 Å². The summed E-state index contributed by atoms with van der Waals surface area (Å²) in [7, 11) is -4.10. The smallest absolute Gasteiger partial charge is 0.264 e. The number of amides is 1. The van der Waals surface area contributed by atoms with E-state index in [1.165, 1.54) is 36.7 Å². The van der Waals surface area contributed by atoms with Crippen LogP contribution in [0.2, 0.25) is 10.0 Å². The van der Waals surface area contributed by atoms with Crippen LogP contribution in [0.5, 0.6) is 0 Å². The van der Waals surface area contributed by atoms with Crippen molar-refractivity contribution in [3.8, 4) is 0 Å². The first-order valence-electron chi connectivity index (χ1n) is 8.27. The lowest BCUT2D eigenvalue weighted by Crippen LogP contribution is -2.39. The molecule has 0 atom stereocenters. The monoisotopic (exact) mass is 451 g/mol. The number of hydrazone groups is 1. The predicted octanol–water partition coefficient (Wildman–Crippen LogP) is 3.93. The number of nitrogens with zero attached hydrogens (tertiary/aromatic N) is 2. The highest BCUT2D eigenvalue weighted by atomic mass is 35.5. The Morgan fingerprint density at radius 1 is 1.07 bits per heavy atom. The van der Waals surface area contributed by atoms with Gasteiger partial charge in [-0.15, -0.1) is 0 Å². The Kier molecular flexibility index (Phi) is 6.58. The van der Waals surface area contributed by atoms with Crippen molar-refractivity contribution in [2.24, 2.45) is 5.10 Å². The van der Waals surface area contributed by atoms with E-state index in [1.807, 2.05) is 0 Å². The third-order valence-corrected chi connectivity index (χ3v) is 6.33. The van der Waals surface area contributed by atoms with Gasteiger partial charge in [0.15, 0.2) is 0 Å². The van der Waals surface area contributed by atoms with E-state index in [2.05, 4.69) is 10.5 Å². The van der Waals surface area contributed by atoms with Crippen LogP contribution in [0.15, 0.2) is 81.3 Å². The lowest BCUT2D eigenvalue weighted by Gasteiger charge is -2.24. The number of rotatable bonds is 7. The first-order chi connectivity index (χ1) is 13.9. The van der Waals surface area contributed by atoms with Crippen LogP contribution in [0.25, 0.3) is 0 Å². The maximum absolute atomic E-state index is 13.2. The molecule has 2 aromatic carbocycles. The molecular weight excluding hydrogens is 437 g/mol. The maximum Gasteiger partial charge on any atom is 0.264 e. The summed E-state index contributed by atoms with van der Waals surface area (Å²) in [5.41, 5.74) is 2.34. The number of halogens is 2. The van der Waals surface area contributed by atoms with Crippen molar-refractivity contribution in [3.05, 3.63) is 82.7 Å². The van der Waals surface area contributed by atoms with Crippen molar-refractivity contribution < 1.29 is 17.6 Å². The van der Waals surface area contributed by atoms with Crippen molar-refractivity contribution in [2.45, 2.75) is 4.90 Å². The molecule has 0 saturated heterocycles. The number of carbonyl (C=O) groups excluding carboxylic acids is 1. The Balaban J connectivity index is 1.91. The average molecular weight is 452 g/mol. The third-order valence-electron chi connectivity index (χ3n) is 3.74. The van der Waals surface area contributed by atoms with Crippen LogP contribution in [0.1, 0.15) is 5.76 Å². The molecule has 1 N–H and O–H groups in total. The standard InChI is InChI=1S/C19H15Cl2N3O4S/c20-16-9-4-10-17(19(16)21)24(29(26,27)15-7-2-1-3-8-15)13-18(25)23-22-12-14-6-5-11-28-14/h1-12H,13H2,(H,23,25)/b22-12-. The van der Waals surface area contributed by atoms with E-state index in [4.69, 9.17) is 27.6 Å². The van der Waals surface area contributed by atoms with Crippen molar-refractivity contribution >= 4 is 51.0 Å². The van der Waals surface area contributed by atoms with Crippen molar-refractivity contribution in [2.75, 3.05) is 10.8 Å². The second-order valence-electron chi connectivity index (χ2n) is 5.71. The van der Waals surface area contributed by atoms with Gasteiger partial charge in [0.2, 0.25) is 0 Å². The van der Waals surface area contributed by atoms with Gasteiger partial charge in [0.25, 0.3) is 15.9 Å². The van der Waals surface area contributed by atoms with Gasteiger partial charge in [0, 0.05) is 0 Å². The Labute approximate surface area is 177 Å². The van der Waals surface area contributed by atoms with Crippen LogP contribution < -0.4 is 9.73 Å². The third kappa shape index (κ3) is 4.97. The summed E-state index contributed by atoms with van der Waals surface area (Å²) >= 11 is 12.3. The molecule has 0 saturated carbocycles. The van der Waals surface area contributed by atoms with Gasteiger partial charge in [-0.25, -0.2) is 13.8 Å². The normalized spacial score (nSPS) is 11.5. The SMILES string of the molecule is O=C(CN(c1cccc(Cl)c1Cl)S(=O)(=O)c1ccccc1)N/N=C\c1ccco1. The summed E-state index contributed by atoms with van der Waals surface area (Å²) in [6, 6.07) is 15.5. The molecule has 1 heterocycles. The maximum atomic E-state index is 13.2. The summed E-state index contributed by atoms with van der Waals surface area (Å²) in [4.78, 5) is 12.4. The van der Waals surface area contributed by atoms with E-state index in [0.717, 1.165) is 4.31 Å². The molecule has 0 unspecified atom stereocenters. The molecule has 0 radical (unpaired) electrons. The minimum absolute atomic E-state index is 0.00271. The molecule has 3 aromatic rings. The van der Waals surface area contributed by atoms with Gasteiger partial charge in [0.05, 0.1) is 33.1 Å². The number of hydrogen-bond acceptors (Lipinski definition) is 5. The molecule has 10 heteroatoms. The minimum Gasteiger partial charge on any atom is -0.463 e. The zero-order valence-corrected chi connectivity index (χ0v) is 17.2. The largest absolute Gasteiger partial charge is 0.463 e. The molecule has 150 valence electrons. The van der Waals surface area contributed by atoms with Crippen molar-refractivity contribution in [1.29, 1.82) is 0 Å². The average Bonchev–Trinajstić information content (AvgIpc) is 3.23. The van der Waals surface area contributed by atoms with E-state index >= 15 is 0 Å². The Morgan fingerprint density at radius 2 is 1.83 bits per heavy atom. The molecule has 0 aliphatic heterocycles. The number of benzene rings is 2. The molecular formula is C19H15Cl2N3O4S. The number of anilines is 1. The van der Waals surface area contributed by atoms with Gasteiger partial charge >= 0.3 is 0 Å². The molecule has 1 amide bonds. The summed E-state index contributed by atoms with van der Waals surface area (Å²) < 4.78 is 32.3. The highest BCUT2D eigenvalue weighted by Crippen LogP contribution is 2.35. The molecule has 0 spiro atoms. The van der Waals surface area contributed by atoms with Crippen LogP contribution in [0, 0.1) is 0 Å². The molecule has 0 bridgehead atoms. The minimum atomic E-state index is -4.10. The van der Waals surface area contributed by atoms with E-state index in [-0.39, 0.29) is 20.6 Å². The van der Waals surface area contributed by atoms with Crippen LogP contribution >= 0.6 is 23.2 Å². The Hall–Kier alpha value is -2.81. The number of carbonyl (C=O) groups is 1.